The van der Waals surface area contributed by atoms with Crippen LogP contribution in [-0.2, 0) is 10.0 Å². The fraction of sp³-hybridized carbons (Fsp3) is 0.143. The summed E-state index contributed by atoms with van der Waals surface area (Å²) in [7, 11) is -3.75. The van der Waals surface area contributed by atoms with E-state index >= 15 is 0 Å². The molecular weight excluding hydrogens is 433 g/mol. The number of sulfonamides is 1. The average Bonchev–Trinajstić information content (AvgIpc) is 2.64. The van der Waals surface area contributed by atoms with Gasteiger partial charge in [0.2, 0.25) is 10.0 Å². The van der Waals surface area contributed by atoms with E-state index in [4.69, 9.17) is 23.2 Å². The maximum Gasteiger partial charge on any atom is 0.245 e. The van der Waals surface area contributed by atoms with E-state index in [1.54, 1.807) is 36.4 Å². The maximum absolute atomic E-state index is 13.5. The first kappa shape index (κ1) is 19.8. The molecule has 1 aliphatic heterocycles. The summed E-state index contributed by atoms with van der Waals surface area (Å²) in [5.74, 6) is 0. The zero-order valence-electron chi connectivity index (χ0n) is 14.9. The van der Waals surface area contributed by atoms with Gasteiger partial charge in [0.1, 0.15) is 10.7 Å². The van der Waals surface area contributed by atoms with Crippen LogP contribution in [0.1, 0.15) is 27.4 Å². The molecule has 144 valence electrons. The third kappa shape index (κ3) is 3.46. The van der Waals surface area contributed by atoms with Crippen molar-refractivity contribution in [2.24, 2.45) is 0 Å². The van der Waals surface area contributed by atoms with Crippen molar-refractivity contribution in [2.75, 3.05) is 0 Å². The predicted molar refractivity (Wildman–Crippen MR) is 116 cm³/mol. The van der Waals surface area contributed by atoms with Crippen LogP contribution in [0, 0.1) is 6.92 Å². The van der Waals surface area contributed by atoms with Gasteiger partial charge in [0.05, 0.1) is 4.90 Å². The molecule has 3 aromatic rings. The molecule has 1 fully saturated rings. The van der Waals surface area contributed by atoms with Gasteiger partial charge in [-0.25, -0.2) is 8.42 Å². The van der Waals surface area contributed by atoms with Crippen LogP contribution in [0.2, 0.25) is 10.0 Å². The quantitative estimate of drug-likeness (QED) is 0.459. The topological polar surface area (TPSA) is 37.4 Å². The Morgan fingerprint density at radius 1 is 0.786 bits per heavy atom. The van der Waals surface area contributed by atoms with Crippen LogP contribution < -0.4 is 0 Å². The van der Waals surface area contributed by atoms with Crippen molar-refractivity contribution in [1.82, 2.24) is 4.31 Å². The summed E-state index contributed by atoms with van der Waals surface area (Å²) in [6, 6.07) is 21.5. The molecule has 0 aliphatic carbocycles. The molecule has 1 aliphatic rings. The summed E-state index contributed by atoms with van der Waals surface area (Å²) in [6.45, 7) is 1.93. The van der Waals surface area contributed by atoms with Crippen LogP contribution in [0.3, 0.4) is 0 Å². The first-order chi connectivity index (χ1) is 13.4. The molecule has 0 radical (unpaired) electrons. The Balaban J connectivity index is 1.81. The Hall–Kier alpha value is -1.50. The highest BCUT2D eigenvalue weighted by Crippen LogP contribution is 2.61. The Labute approximate surface area is 179 Å². The van der Waals surface area contributed by atoms with E-state index in [2.05, 4.69) is 0 Å². The summed E-state index contributed by atoms with van der Waals surface area (Å²) in [5.41, 5.74) is 2.54. The van der Waals surface area contributed by atoms with Gasteiger partial charge in [-0.1, -0.05) is 77.3 Å². The van der Waals surface area contributed by atoms with E-state index in [1.165, 1.54) is 16.1 Å². The van der Waals surface area contributed by atoms with Crippen molar-refractivity contribution < 1.29 is 8.42 Å². The van der Waals surface area contributed by atoms with E-state index < -0.39 is 20.8 Å². The number of hydrogen-bond acceptors (Lipinski definition) is 3. The van der Waals surface area contributed by atoms with Crippen LogP contribution in [0.15, 0.2) is 77.7 Å². The largest absolute Gasteiger partial charge is 0.245 e. The van der Waals surface area contributed by atoms with Gasteiger partial charge < -0.3 is 0 Å². The number of rotatable bonds is 4. The molecule has 4 rings (SSSR count). The lowest BCUT2D eigenvalue weighted by atomic mass is 10.2. The van der Waals surface area contributed by atoms with E-state index in [1.807, 2.05) is 43.3 Å². The molecule has 0 N–H and O–H groups in total. The molecular formula is C21H17Cl2NO2S2. The molecule has 2 atom stereocenters. The van der Waals surface area contributed by atoms with Gasteiger partial charge in [-0.15, -0.1) is 11.8 Å². The summed E-state index contributed by atoms with van der Waals surface area (Å²) in [4.78, 5) is 0.257. The number of aryl methyl sites for hydroxylation is 1. The third-order valence-corrected chi connectivity index (χ3v) is 8.94. The molecule has 7 heteroatoms. The second-order valence-electron chi connectivity index (χ2n) is 6.53. The van der Waals surface area contributed by atoms with Gasteiger partial charge in [-0.05, 0) is 42.3 Å². The Kier molecular flexibility index (Phi) is 5.47. The molecule has 3 nitrogen and oxygen atoms in total. The highest BCUT2D eigenvalue weighted by Gasteiger charge is 2.50. The minimum Gasteiger partial charge on any atom is -0.207 e. The number of benzene rings is 3. The number of hydrogen-bond donors (Lipinski definition) is 0. The number of nitrogens with zero attached hydrogens (tertiary/aromatic N) is 1. The molecule has 3 aromatic carbocycles. The van der Waals surface area contributed by atoms with Crippen LogP contribution in [0.5, 0.6) is 0 Å². The lowest BCUT2D eigenvalue weighted by Gasteiger charge is -2.47. The molecule has 0 aromatic heterocycles. The SMILES string of the molecule is Cc1ccc(S(=O)(=O)N2[C@@H](c3ccccc3Cl)S[C@H]2c2ccccc2Cl)cc1. The summed E-state index contributed by atoms with van der Waals surface area (Å²) in [5, 5.41) is 0.256. The third-order valence-electron chi connectivity index (χ3n) is 4.66. The minimum absolute atomic E-state index is 0.257. The molecule has 28 heavy (non-hydrogen) atoms. The second-order valence-corrected chi connectivity index (χ2v) is 10.4. The second kappa shape index (κ2) is 7.73. The van der Waals surface area contributed by atoms with Crippen molar-refractivity contribution in [3.05, 3.63) is 99.5 Å². The first-order valence-electron chi connectivity index (χ1n) is 8.64. The lowest BCUT2D eigenvalue weighted by Crippen LogP contribution is -2.43. The monoisotopic (exact) mass is 449 g/mol. The van der Waals surface area contributed by atoms with Crippen molar-refractivity contribution in [3.63, 3.8) is 0 Å². The van der Waals surface area contributed by atoms with Gasteiger partial charge in [0.15, 0.2) is 0 Å². The maximum atomic E-state index is 13.5. The molecule has 0 unspecified atom stereocenters. The zero-order valence-corrected chi connectivity index (χ0v) is 18.1. The van der Waals surface area contributed by atoms with Crippen LogP contribution in [-0.4, -0.2) is 12.7 Å². The van der Waals surface area contributed by atoms with Gasteiger partial charge in [-0.3, -0.25) is 0 Å². The van der Waals surface area contributed by atoms with E-state index in [0.717, 1.165) is 16.7 Å². The van der Waals surface area contributed by atoms with Gasteiger partial charge in [0, 0.05) is 10.0 Å². The fourth-order valence-corrected chi connectivity index (χ4v) is 7.44. The normalized spacial score (nSPS) is 20.0. The van der Waals surface area contributed by atoms with E-state index in [-0.39, 0.29) is 4.90 Å². The molecule has 1 heterocycles. The Morgan fingerprint density at radius 3 is 1.71 bits per heavy atom. The predicted octanol–water partition coefficient (Wildman–Crippen LogP) is 6.44. The fourth-order valence-electron chi connectivity index (χ4n) is 3.16. The summed E-state index contributed by atoms with van der Waals surface area (Å²) in [6.07, 6.45) is 0. The van der Waals surface area contributed by atoms with Crippen molar-refractivity contribution in [3.8, 4) is 0 Å². The molecule has 0 bridgehead atoms. The Morgan fingerprint density at radius 2 is 1.25 bits per heavy atom. The molecule has 1 saturated heterocycles. The smallest absolute Gasteiger partial charge is 0.207 e. The van der Waals surface area contributed by atoms with Crippen molar-refractivity contribution in [1.29, 1.82) is 0 Å². The zero-order chi connectivity index (χ0) is 19.9. The van der Waals surface area contributed by atoms with Gasteiger partial charge in [-0.2, -0.15) is 4.31 Å². The highest BCUT2D eigenvalue weighted by atomic mass is 35.5. The van der Waals surface area contributed by atoms with Crippen LogP contribution in [0.25, 0.3) is 0 Å². The van der Waals surface area contributed by atoms with E-state index in [9.17, 15) is 8.42 Å². The molecule has 0 amide bonds. The first-order valence-corrected chi connectivity index (χ1v) is 11.8. The average molecular weight is 450 g/mol. The number of thioether (sulfide) groups is 1. The number of halogens is 2. The molecule has 0 saturated carbocycles. The van der Waals surface area contributed by atoms with Crippen molar-refractivity contribution in [2.45, 2.75) is 22.6 Å². The standard InChI is InChI=1S/C21H17Cl2NO2S2/c1-14-10-12-15(13-11-14)28(25,26)24-20(16-6-2-4-8-18(16)22)27-21(24)17-7-3-5-9-19(17)23/h2-13,20-21H,1H3/t20-,21+. The minimum atomic E-state index is -3.75. The Bertz CT molecular complexity index is 1070. The lowest BCUT2D eigenvalue weighted by molar-refractivity contribution is 0.344. The molecule has 0 spiro atoms. The van der Waals surface area contributed by atoms with Crippen molar-refractivity contribution >= 4 is 45.0 Å². The van der Waals surface area contributed by atoms with Crippen LogP contribution in [0.4, 0.5) is 0 Å². The summed E-state index contributed by atoms with van der Waals surface area (Å²) >= 11 is 14.3. The van der Waals surface area contributed by atoms with Gasteiger partial charge in [0.25, 0.3) is 0 Å². The van der Waals surface area contributed by atoms with Crippen LogP contribution >= 0.6 is 35.0 Å². The highest BCUT2D eigenvalue weighted by molar-refractivity contribution is 8.03. The van der Waals surface area contributed by atoms with E-state index in [0.29, 0.717) is 10.0 Å². The van der Waals surface area contributed by atoms with Gasteiger partial charge >= 0.3 is 0 Å². The summed E-state index contributed by atoms with van der Waals surface area (Å²) < 4.78 is 28.6.